The molecule has 0 bridgehead atoms. The van der Waals surface area contributed by atoms with Gasteiger partial charge in [0.05, 0.1) is 11.6 Å². The summed E-state index contributed by atoms with van der Waals surface area (Å²) in [5.41, 5.74) is 3.37. The third kappa shape index (κ3) is 3.71. The molecule has 194 valence electrons. The molecular weight excluding hydrogens is 466 g/mol. The summed E-state index contributed by atoms with van der Waals surface area (Å²) >= 11 is 0. The minimum atomic E-state index is -2.63. The van der Waals surface area contributed by atoms with Gasteiger partial charge in [0.2, 0.25) is 5.78 Å². The molecule has 1 amide bonds. The van der Waals surface area contributed by atoms with Crippen LogP contribution in [0.5, 0.6) is 5.75 Å². The number of primary amides is 1. The number of aliphatic hydroxyl groups is 3. The Hall–Kier alpha value is -3.21. The Bertz CT molecular complexity index is 1220. The summed E-state index contributed by atoms with van der Waals surface area (Å²) in [6, 6.07) is 2.11. The van der Waals surface area contributed by atoms with Gasteiger partial charge in [0.25, 0.3) is 5.91 Å². The van der Waals surface area contributed by atoms with Gasteiger partial charge in [-0.2, -0.15) is 0 Å². The molecule has 10 nitrogen and oxygen atoms in total. The Morgan fingerprint density at radius 2 is 1.89 bits per heavy atom. The van der Waals surface area contributed by atoms with Crippen LogP contribution in [0.4, 0.5) is 0 Å². The molecular formula is C26H33N3O7. The van der Waals surface area contributed by atoms with Gasteiger partial charge in [0, 0.05) is 18.0 Å². The summed E-state index contributed by atoms with van der Waals surface area (Å²) in [5, 5.41) is 47.7. The molecule has 0 spiro atoms. The fourth-order valence-electron chi connectivity index (χ4n) is 5.97. The topological polar surface area (TPSA) is 173 Å². The lowest BCUT2D eigenvalue weighted by atomic mass is 9.57. The molecule has 4 atom stereocenters. The number of hydrogen-bond donors (Lipinski definition) is 6. The Kier molecular flexibility index (Phi) is 6.48. The van der Waals surface area contributed by atoms with Crippen molar-refractivity contribution in [3.63, 3.8) is 0 Å². The molecule has 10 heteroatoms. The standard InChI is InChI=1S/C26H33N3O7/c1-11(2)9-28-10-12-5-6-16(30)18-14(12)7-13-8-15-20(29(3)4)22(32)19(25(27)35)24(34)26(15,36)23(33)17(13)21(18)31/h5-6,11,13,15,20,28,30-31,34,36H,7-10H2,1-4H3,(H2,27,35)/t13-,15-,20-,26-/m0/s1. The number of carbonyl (C=O) groups excluding carboxylic acids is 3. The monoisotopic (exact) mass is 499 g/mol. The summed E-state index contributed by atoms with van der Waals surface area (Å²) < 4.78 is 0. The van der Waals surface area contributed by atoms with Crippen LogP contribution in [-0.2, 0) is 27.3 Å². The van der Waals surface area contributed by atoms with Gasteiger partial charge in [-0.25, -0.2) is 0 Å². The van der Waals surface area contributed by atoms with E-state index in [0.717, 1.165) is 12.1 Å². The fourth-order valence-corrected chi connectivity index (χ4v) is 5.97. The van der Waals surface area contributed by atoms with Crippen molar-refractivity contribution in [1.29, 1.82) is 0 Å². The van der Waals surface area contributed by atoms with Crippen molar-refractivity contribution < 1.29 is 34.8 Å². The lowest BCUT2D eigenvalue weighted by Crippen LogP contribution is -2.65. The number of phenols is 1. The lowest BCUT2D eigenvalue weighted by molar-refractivity contribution is -0.153. The first-order valence-electron chi connectivity index (χ1n) is 12.0. The normalized spacial score (nSPS) is 27.9. The summed E-state index contributed by atoms with van der Waals surface area (Å²) in [6.07, 6.45) is 0.349. The summed E-state index contributed by atoms with van der Waals surface area (Å²) in [6.45, 7) is 5.41. The van der Waals surface area contributed by atoms with E-state index in [1.165, 1.54) is 11.0 Å². The van der Waals surface area contributed by atoms with Crippen LogP contribution in [0.15, 0.2) is 29.0 Å². The molecule has 3 aliphatic rings. The van der Waals surface area contributed by atoms with Gasteiger partial charge in [0.1, 0.15) is 22.8 Å². The Balaban J connectivity index is 1.88. The zero-order chi connectivity index (χ0) is 26.7. The number of rotatable bonds is 6. The van der Waals surface area contributed by atoms with Gasteiger partial charge in [0.15, 0.2) is 11.4 Å². The molecule has 0 unspecified atom stereocenters. The number of carbonyl (C=O) groups is 3. The van der Waals surface area contributed by atoms with Gasteiger partial charge in [-0.3, -0.25) is 19.3 Å². The Labute approximate surface area is 209 Å². The minimum Gasteiger partial charge on any atom is -0.508 e. The van der Waals surface area contributed by atoms with E-state index in [9.17, 15) is 34.8 Å². The third-order valence-electron chi connectivity index (χ3n) is 7.57. The smallest absolute Gasteiger partial charge is 0.255 e. The largest absolute Gasteiger partial charge is 0.508 e. The van der Waals surface area contributed by atoms with Crippen LogP contribution in [0, 0.1) is 17.8 Å². The predicted molar refractivity (Wildman–Crippen MR) is 131 cm³/mol. The maximum absolute atomic E-state index is 13.8. The molecule has 0 aliphatic heterocycles. The zero-order valence-electron chi connectivity index (χ0n) is 20.8. The van der Waals surface area contributed by atoms with Crippen LogP contribution >= 0.6 is 0 Å². The number of hydrogen-bond acceptors (Lipinski definition) is 9. The van der Waals surface area contributed by atoms with Gasteiger partial charge in [-0.1, -0.05) is 19.9 Å². The highest BCUT2D eigenvalue weighted by Crippen LogP contribution is 2.52. The molecule has 1 saturated carbocycles. The molecule has 3 aliphatic carbocycles. The number of phenolic OH excluding ortho intramolecular Hbond substituents is 1. The van der Waals surface area contributed by atoms with Crippen molar-refractivity contribution >= 4 is 23.2 Å². The lowest BCUT2D eigenvalue weighted by Gasteiger charge is -2.50. The van der Waals surface area contributed by atoms with Gasteiger partial charge < -0.3 is 31.5 Å². The van der Waals surface area contributed by atoms with Crippen LogP contribution in [0.25, 0.3) is 5.76 Å². The van der Waals surface area contributed by atoms with E-state index in [-0.39, 0.29) is 29.7 Å². The average molecular weight is 500 g/mol. The number of nitrogens with two attached hydrogens (primary N) is 1. The van der Waals surface area contributed by atoms with Gasteiger partial charge in [-0.05, 0) is 62.5 Å². The maximum atomic E-state index is 13.8. The van der Waals surface area contributed by atoms with E-state index < -0.39 is 58.0 Å². The number of ketones is 2. The first-order chi connectivity index (χ1) is 16.8. The molecule has 0 heterocycles. The van der Waals surface area contributed by atoms with Crippen LogP contribution in [-0.4, -0.2) is 75.1 Å². The summed E-state index contributed by atoms with van der Waals surface area (Å²) in [7, 11) is 3.15. The van der Waals surface area contributed by atoms with E-state index in [1.54, 1.807) is 20.2 Å². The number of aromatic hydroxyl groups is 1. The quantitative estimate of drug-likeness (QED) is 0.308. The van der Waals surface area contributed by atoms with Crippen molar-refractivity contribution in [2.45, 2.75) is 44.9 Å². The summed E-state index contributed by atoms with van der Waals surface area (Å²) in [5.74, 6) is -6.06. The molecule has 1 aromatic carbocycles. The molecule has 1 aromatic rings. The summed E-state index contributed by atoms with van der Waals surface area (Å²) in [4.78, 5) is 40.4. The fraction of sp³-hybridized carbons (Fsp3) is 0.500. The first kappa shape index (κ1) is 25.9. The number of likely N-dealkylation sites (N-methyl/N-ethyl adjacent to an activating group) is 1. The van der Waals surface area contributed by atoms with Crippen LogP contribution in [0.1, 0.15) is 37.0 Å². The minimum absolute atomic E-state index is 0.0697. The number of amides is 1. The van der Waals surface area contributed by atoms with E-state index >= 15 is 0 Å². The molecule has 0 saturated heterocycles. The van der Waals surface area contributed by atoms with Crippen molar-refractivity contribution in [3.05, 3.63) is 45.7 Å². The SMILES string of the molecule is CC(C)CNCc1ccc(O)c2c1C[C@H]1C[C@H]3[C@H](N(C)C)C(=O)C(C(N)=O)=C(O)[C@@]3(O)C(=O)C1=C2O. The second-order valence-corrected chi connectivity index (χ2v) is 10.6. The first-order valence-corrected chi connectivity index (χ1v) is 12.0. The van der Waals surface area contributed by atoms with Crippen LogP contribution in [0.2, 0.25) is 0 Å². The Morgan fingerprint density at radius 1 is 1.22 bits per heavy atom. The highest BCUT2D eigenvalue weighted by molar-refractivity contribution is 6.24. The highest BCUT2D eigenvalue weighted by Gasteiger charge is 2.64. The molecule has 1 fully saturated rings. The molecule has 36 heavy (non-hydrogen) atoms. The van der Waals surface area contributed by atoms with E-state index in [2.05, 4.69) is 19.2 Å². The number of nitrogens with zero attached hydrogens (tertiary/aromatic N) is 1. The number of aliphatic hydroxyl groups excluding tert-OH is 2. The predicted octanol–water partition coefficient (Wildman–Crippen LogP) is 0.710. The number of Topliss-reactive ketones (excluding diaryl/α,β-unsaturated/α-hetero) is 2. The van der Waals surface area contributed by atoms with Crippen molar-refractivity contribution in [3.8, 4) is 5.75 Å². The molecule has 0 aromatic heterocycles. The van der Waals surface area contributed by atoms with Crippen molar-refractivity contribution in [2.75, 3.05) is 20.6 Å². The van der Waals surface area contributed by atoms with E-state index in [4.69, 9.17) is 5.73 Å². The molecule has 7 N–H and O–H groups in total. The average Bonchev–Trinajstić information content (AvgIpc) is 2.77. The van der Waals surface area contributed by atoms with Crippen molar-refractivity contribution in [1.82, 2.24) is 10.2 Å². The molecule has 4 rings (SSSR count). The van der Waals surface area contributed by atoms with Gasteiger partial charge in [-0.15, -0.1) is 0 Å². The second kappa shape index (κ2) is 9.02. The second-order valence-electron chi connectivity index (χ2n) is 10.6. The van der Waals surface area contributed by atoms with E-state index in [0.29, 0.717) is 18.0 Å². The number of benzene rings is 1. The van der Waals surface area contributed by atoms with Crippen molar-refractivity contribution in [2.24, 2.45) is 23.5 Å². The van der Waals surface area contributed by atoms with Crippen LogP contribution in [0.3, 0.4) is 0 Å². The number of fused-ring (bicyclic) bond motifs is 3. The maximum Gasteiger partial charge on any atom is 0.255 e. The van der Waals surface area contributed by atoms with E-state index in [1.807, 2.05) is 0 Å². The number of nitrogens with one attached hydrogen (secondary N) is 1. The molecule has 0 radical (unpaired) electrons. The third-order valence-corrected chi connectivity index (χ3v) is 7.57. The van der Waals surface area contributed by atoms with Crippen LogP contribution < -0.4 is 11.1 Å². The zero-order valence-corrected chi connectivity index (χ0v) is 20.8. The Morgan fingerprint density at radius 3 is 2.47 bits per heavy atom. The van der Waals surface area contributed by atoms with Gasteiger partial charge >= 0.3 is 0 Å². The highest BCUT2D eigenvalue weighted by atomic mass is 16.3.